The number of phenols is 1. The van der Waals surface area contributed by atoms with Crippen molar-refractivity contribution >= 4 is 23.1 Å². The summed E-state index contributed by atoms with van der Waals surface area (Å²) in [6.07, 6.45) is 3.03. The van der Waals surface area contributed by atoms with Crippen LogP contribution < -0.4 is 5.43 Å². The Balaban J connectivity index is 2.14. The molecule has 0 amide bonds. The molecule has 0 saturated heterocycles. The van der Waals surface area contributed by atoms with Gasteiger partial charge in [-0.2, -0.15) is 5.10 Å². The number of nitrogens with zero attached hydrogens (tertiary/aromatic N) is 3. The normalized spacial score (nSPS) is 11.3. The van der Waals surface area contributed by atoms with Crippen LogP contribution in [0.5, 0.6) is 5.75 Å². The smallest absolute Gasteiger partial charge is 0.184 e. The fourth-order valence-electron chi connectivity index (χ4n) is 1.30. The molecule has 6 heteroatoms. The van der Waals surface area contributed by atoms with Crippen LogP contribution in [-0.2, 0) is 0 Å². The summed E-state index contributed by atoms with van der Waals surface area (Å²) in [7, 11) is 0. The molecule has 1 aromatic heterocycles. The van der Waals surface area contributed by atoms with Gasteiger partial charge in [0.25, 0.3) is 0 Å². The quantitative estimate of drug-likeness (QED) is 0.659. The van der Waals surface area contributed by atoms with Crippen LogP contribution in [0.25, 0.3) is 0 Å². The lowest BCUT2D eigenvalue weighted by molar-refractivity contribution is 0.475. The maximum Gasteiger partial charge on any atom is 0.184 e. The molecule has 2 aromatic rings. The summed E-state index contributed by atoms with van der Waals surface area (Å²) in [5.74, 6) is 0.619. The molecular formula is C12H11ClN4O. The van der Waals surface area contributed by atoms with Crippen molar-refractivity contribution in [3.8, 4) is 5.75 Å². The van der Waals surface area contributed by atoms with Crippen molar-refractivity contribution in [3.05, 3.63) is 47.4 Å². The molecular weight excluding hydrogens is 252 g/mol. The first-order valence-electron chi connectivity index (χ1n) is 5.23. The Morgan fingerprint density at radius 3 is 2.56 bits per heavy atom. The minimum Gasteiger partial charge on any atom is -0.508 e. The van der Waals surface area contributed by atoms with Gasteiger partial charge in [-0.1, -0.05) is 11.6 Å². The molecule has 0 saturated carbocycles. The molecule has 0 radical (unpaired) electrons. The zero-order chi connectivity index (χ0) is 13.0. The van der Waals surface area contributed by atoms with Crippen LogP contribution in [0.2, 0.25) is 5.15 Å². The number of phenolic OH excluding ortho intramolecular Hbond substituents is 1. The highest BCUT2D eigenvalue weighted by Gasteiger charge is 2.01. The number of hydrogen-bond acceptors (Lipinski definition) is 5. The number of anilines is 1. The van der Waals surface area contributed by atoms with Crippen molar-refractivity contribution < 1.29 is 5.11 Å². The first kappa shape index (κ1) is 12.3. The molecule has 0 fully saturated rings. The van der Waals surface area contributed by atoms with Crippen LogP contribution in [0.15, 0.2) is 41.8 Å². The highest BCUT2D eigenvalue weighted by molar-refractivity contribution is 6.31. The number of hydrogen-bond donors (Lipinski definition) is 2. The van der Waals surface area contributed by atoms with E-state index in [0.717, 1.165) is 11.3 Å². The van der Waals surface area contributed by atoms with E-state index in [4.69, 9.17) is 11.6 Å². The molecule has 92 valence electrons. The minimum absolute atomic E-state index is 0.219. The molecule has 2 N–H and O–H groups in total. The SMILES string of the molecule is C/C(=N/Nc1nccnc1Cl)c1ccc(O)cc1. The van der Waals surface area contributed by atoms with E-state index < -0.39 is 0 Å². The predicted octanol–water partition coefficient (Wildman–Crippen LogP) is 2.67. The van der Waals surface area contributed by atoms with Gasteiger partial charge in [0, 0.05) is 12.4 Å². The monoisotopic (exact) mass is 262 g/mol. The van der Waals surface area contributed by atoms with Gasteiger partial charge in [0.05, 0.1) is 5.71 Å². The Hall–Kier alpha value is -2.14. The van der Waals surface area contributed by atoms with Gasteiger partial charge in [-0.25, -0.2) is 9.97 Å². The van der Waals surface area contributed by atoms with E-state index in [-0.39, 0.29) is 10.9 Å². The van der Waals surface area contributed by atoms with Gasteiger partial charge in [-0.05, 0) is 36.8 Å². The molecule has 1 heterocycles. The maximum absolute atomic E-state index is 9.19. The van der Waals surface area contributed by atoms with E-state index in [1.165, 1.54) is 12.4 Å². The Kier molecular flexibility index (Phi) is 3.74. The van der Waals surface area contributed by atoms with Crippen molar-refractivity contribution in [3.63, 3.8) is 0 Å². The summed E-state index contributed by atoms with van der Waals surface area (Å²) < 4.78 is 0. The van der Waals surface area contributed by atoms with Gasteiger partial charge >= 0.3 is 0 Å². The van der Waals surface area contributed by atoms with Crippen LogP contribution >= 0.6 is 11.6 Å². The highest BCUT2D eigenvalue weighted by Crippen LogP contribution is 2.15. The second-order valence-electron chi connectivity index (χ2n) is 3.55. The van der Waals surface area contributed by atoms with E-state index >= 15 is 0 Å². The standard InChI is InChI=1S/C12H11ClN4O/c1-8(9-2-4-10(18)5-3-9)16-17-12-11(13)14-6-7-15-12/h2-7,18H,1H3,(H,15,17)/b16-8-. The van der Waals surface area contributed by atoms with E-state index in [1.807, 2.05) is 6.92 Å². The van der Waals surface area contributed by atoms with Crippen LogP contribution in [0.1, 0.15) is 12.5 Å². The molecule has 18 heavy (non-hydrogen) atoms. The zero-order valence-corrected chi connectivity index (χ0v) is 10.4. The molecule has 0 atom stereocenters. The Morgan fingerprint density at radius 2 is 1.89 bits per heavy atom. The molecule has 2 rings (SSSR count). The lowest BCUT2D eigenvalue weighted by atomic mass is 10.1. The van der Waals surface area contributed by atoms with Crippen molar-refractivity contribution in [1.82, 2.24) is 9.97 Å². The fraction of sp³-hybridized carbons (Fsp3) is 0.0833. The summed E-state index contributed by atoms with van der Waals surface area (Å²) in [6, 6.07) is 6.75. The van der Waals surface area contributed by atoms with Gasteiger partial charge < -0.3 is 5.11 Å². The van der Waals surface area contributed by atoms with Crippen molar-refractivity contribution in [2.45, 2.75) is 6.92 Å². The fourth-order valence-corrected chi connectivity index (χ4v) is 1.45. The van der Waals surface area contributed by atoms with Crippen molar-refractivity contribution in [1.29, 1.82) is 0 Å². The Labute approximate surface area is 109 Å². The van der Waals surface area contributed by atoms with Crippen LogP contribution in [0.3, 0.4) is 0 Å². The predicted molar refractivity (Wildman–Crippen MR) is 71.0 cm³/mol. The van der Waals surface area contributed by atoms with E-state index in [1.54, 1.807) is 24.3 Å². The van der Waals surface area contributed by atoms with E-state index in [9.17, 15) is 5.11 Å². The number of aromatic hydroxyl groups is 1. The number of benzene rings is 1. The first-order chi connectivity index (χ1) is 8.66. The Morgan fingerprint density at radius 1 is 1.22 bits per heavy atom. The molecule has 0 aliphatic rings. The van der Waals surface area contributed by atoms with E-state index in [2.05, 4.69) is 20.5 Å². The van der Waals surface area contributed by atoms with Crippen molar-refractivity contribution in [2.24, 2.45) is 5.10 Å². The number of hydrazone groups is 1. The second-order valence-corrected chi connectivity index (χ2v) is 3.91. The van der Waals surface area contributed by atoms with Gasteiger partial charge in [0.1, 0.15) is 5.75 Å². The number of halogens is 1. The summed E-state index contributed by atoms with van der Waals surface area (Å²) in [4.78, 5) is 7.88. The molecule has 0 aliphatic carbocycles. The largest absolute Gasteiger partial charge is 0.508 e. The van der Waals surface area contributed by atoms with Crippen LogP contribution in [0, 0.1) is 0 Å². The minimum atomic E-state index is 0.219. The number of nitrogens with one attached hydrogen (secondary N) is 1. The van der Waals surface area contributed by atoms with Gasteiger partial charge in [0.15, 0.2) is 11.0 Å². The van der Waals surface area contributed by atoms with E-state index in [0.29, 0.717) is 5.82 Å². The average molecular weight is 263 g/mol. The molecule has 1 aromatic carbocycles. The topological polar surface area (TPSA) is 70.4 Å². The average Bonchev–Trinajstić information content (AvgIpc) is 2.38. The number of rotatable bonds is 3. The lowest BCUT2D eigenvalue weighted by Gasteiger charge is -2.03. The number of aromatic nitrogens is 2. The van der Waals surface area contributed by atoms with Crippen LogP contribution in [-0.4, -0.2) is 20.8 Å². The maximum atomic E-state index is 9.19. The summed E-state index contributed by atoms with van der Waals surface area (Å²) in [5.41, 5.74) is 4.38. The molecule has 0 unspecified atom stereocenters. The van der Waals surface area contributed by atoms with Gasteiger partial charge in [-0.3, -0.25) is 5.43 Å². The summed E-state index contributed by atoms with van der Waals surface area (Å²) >= 11 is 5.84. The third-order valence-electron chi connectivity index (χ3n) is 2.27. The summed E-state index contributed by atoms with van der Waals surface area (Å²) in [5, 5.41) is 13.6. The lowest BCUT2D eigenvalue weighted by Crippen LogP contribution is -2.01. The van der Waals surface area contributed by atoms with Crippen molar-refractivity contribution in [2.75, 3.05) is 5.43 Å². The summed E-state index contributed by atoms with van der Waals surface area (Å²) in [6.45, 7) is 1.84. The second kappa shape index (κ2) is 5.46. The molecule has 0 bridgehead atoms. The molecule has 0 spiro atoms. The van der Waals surface area contributed by atoms with Gasteiger partial charge in [-0.15, -0.1) is 0 Å². The third kappa shape index (κ3) is 2.95. The third-order valence-corrected chi connectivity index (χ3v) is 2.54. The molecule has 5 nitrogen and oxygen atoms in total. The Bertz CT molecular complexity index is 569. The highest BCUT2D eigenvalue weighted by atomic mass is 35.5. The van der Waals surface area contributed by atoms with Crippen LogP contribution in [0.4, 0.5) is 5.82 Å². The first-order valence-corrected chi connectivity index (χ1v) is 5.61. The van der Waals surface area contributed by atoms with Gasteiger partial charge in [0.2, 0.25) is 0 Å². The molecule has 0 aliphatic heterocycles. The zero-order valence-electron chi connectivity index (χ0n) is 9.63.